The average Bonchev–Trinajstić information content (AvgIpc) is 0.952. The van der Waals surface area contributed by atoms with Gasteiger partial charge in [0.1, 0.15) is 24.4 Å². The van der Waals surface area contributed by atoms with Crippen LogP contribution in [0.3, 0.4) is 0 Å². The summed E-state index contributed by atoms with van der Waals surface area (Å²) < 4.78 is 23.1. The molecule has 0 saturated carbocycles. The molecule has 2 aliphatic rings. The van der Waals surface area contributed by atoms with Gasteiger partial charge in [0.25, 0.3) is 23.4 Å². The Kier molecular flexibility index (Phi) is 28.4. The Hall–Kier alpha value is -7.06. The van der Waals surface area contributed by atoms with Crippen LogP contribution < -0.4 is 31.9 Å². The molecule has 4 aromatic carbocycles. The summed E-state index contributed by atoms with van der Waals surface area (Å²) in [6.45, 7) is 1.17. The van der Waals surface area contributed by atoms with Crippen molar-refractivity contribution in [1.82, 2.24) is 31.9 Å². The molecule has 0 bridgehead atoms. The van der Waals surface area contributed by atoms with E-state index in [1.165, 1.54) is 23.5 Å². The highest BCUT2D eigenvalue weighted by molar-refractivity contribution is 7.99. The lowest BCUT2D eigenvalue weighted by Crippen LogP contribution is -2.68. The van der Waals surface area contributed by atoms with Crippen LogP contribution in [-0.2, 0) is 47.7 Å². The van der Waals surface area contributed by atoms with Crippen molar-refractivity contribution in [3.05, 3.63) is 120 Å². The molecule has 2 heterocycles. The number of benzene rings is 4. The summed E-state index contributed by atoms with van der Waals surface area (Å²) in [7, 11) is 0. The molecule has 6 amide bonds. The Labute approximate surface area is 528 Å². The summed E-state index contributed by atoms with van der Waals surface area (Å²) in [6.07, 6.45) is -14.5. The van der Waals surface area contributed by atoms with Crippen molar-refractivity contribution in [2.75, 3.05) is 62.4 Å². The highest BCUT2D eigenvalue weighted by atomic mass is 32.2. The largest absolute Gasteiger partial charge is 0.477 e. The number of rotatable bonds is 35. The fourth-order valence-corrected chi connectivity index (χ4v) is 11.7. The van der Waals surface area contributed by atoms with E-state index >= 15 is 0 Å². The molecule has 490 valence electrons. The first-order valence-corrected chi connectivity index (χ1v) is 31.6. The third kappa shape index (κ3) is 21.3. The number of hydrogen-bond donors (Lipinski definition) is 14. The van der Waals surface area contributed by atoms with E-state index in [1.54, 1.807) is 48.5 Å². The second-order valence-corrected chi connectivity index (χ2v) is 24.0. The lowest BCUT2D eigenvalue weighted by Gasteiger charge is -2.46. The number of carbonyl (C=O) groups is 8. The quantitative estimate of drug-likeness (QED) is 0.0283. The summed E-state index contributed by atoms with van der Waals surface area (Å²) in [5.74, 6) is -9.64. The van der Waals surface area contributed by atoms with Crippen LogP contribution in [0.1, 0.15) is 73.1 Å². The van der Waals surface area contributed by atoms with Crippen molar-refractivity contribution in [2.45, 2.75) is 125 Å². The van der Waals surface area contributed by atoms with Crippen LogP contribution in [0.4, 0.5) is 0 Å². The van der Waals surface area contributed by atoms with E-state index in [4.69, 9.17) is 18.9 Å². The van der Waals surface area contributed by atoms with Gasteiger partial charge in [-0.05, 0) is 70.9 Å². The molecule has 28 heteroatoms. The number of carboxylic acid groups (broad SMARTS) is 2. The van der Waals surface area contributed by atoms with E-state index in [-0.39, 0.29) is 74.9 Å². The van der Waals surface area contributed by atoms with Gasteiger partial charge in [-0.2, -0.15) is 23.5 Å². The minimum absolute atomic E-state index is 0.124. The Morgan fingerprint density at radius 1 is 0.511 bits per heavy atom. The number of nitrogens with one attached hydrogen (secondary N) is 6. The fraction of sp³-hybridized carbons (Fsp3) is 0.484. The predicted molar refractivity (Wildman–Crippen MR) is 330 cm³/mol. The lowest BCUT2D eigenvalue weighted by molar-refractivity contribution is -0.310. The smallest absolute Gasteiger partial charge is 0.364 e. The van der Waals surface area contributed by atoms with Crippen molar-refractivity contribution in [3.63, 3.8) is 0 Å². The number of carboxylic acids is 2. The Morgan fingerprint density at radius 2 is 0.856 bits per heavy atom. The molecule has 2 aliphatic heterocycles. The molecule has 90 heavy (non-hydrogen) atoms. The summed E-state index contributed by atoms with van der Waals surface area (Å²) >= 11 is 2.75. The minimum atomic E-state index is -2.49. The third-order valence-electron chi connectivity index (χ3n) is 14.7. The van der Waals surface area contributed by atoms with Crippen LogP contribution in [0.25, 0.3) is 22.3 Å². The molecule has 2 unspecified atom stereocenters. The molecule has 0 aliphatic carbocycles. The number of hydrogen-bond acceptors (Lipinski definition) is 20. The van der Waals surface area contributed by atoms with Crippen LogP contribution in [0.15, 0.2) is 109 Å². The molecular weight excluding hydrogens is 1210 g/mol. The molecule has 0 spiro atoms. The average molecular weight is 1290 g/mol. The third-order valence-corrected chi connectivity index (χ3v) is 16.8. The second-order valence-electron chi connectivity index (χ2n) is 21.5. The van der Waals surface area contributed by atoms with Gasteiger partial charge in [-0.25, -0.2) is 9.59 Å². The van der Waals surface area contributed by atoms with Crippen LogP contribution in [0.2, 0.25) is 0 Å². The number of aliphatic hydroxyl groups is 6. The highest BCUT2D eigenvalue weighted by Crippen LogP contribution is 2.36. The Morgan fingerprint density at radius 3 is 1.19 bits per heavy atom. The number of aliphatic carboxylic acids is 2. The zero-order valence-electron chi connectivity index (χ0n) is 49.8. The maximum absolute atomic E-state index is 13.0. The maximum atomic E-state index is 13.0. The van der Waals surface area contributed by atoms with Crippen LogP contribution in [-0.4, -0.2) is 223 Å². The van der Waals surface area contributed by atoms with E-state index in [2.05, 4.69) is 31.9 Å². The van der Waals surface area contributed by atoms with E-state index in [0.717, 1.165) is 36.1 Å². The normalized spacial score (nSPS) is 22.8. The Balaban J connectivity index is 0.835. The summed E-state index contributed by atoms with van der Waals surface area (Å²) in [5, 5.41) is 103. The molecule has 12 atom stereocenters. The van der Waals surface area contributed by atoms with Crippen molar-refractivity contribution in [2.24, 2.45) is 0 Å². The van der Waals surface area contributed by atoms with Crippen molar-refractivity contribution < 1.29 is 98.2 Å². The lowest BCUT2D eigenvalue weighted by atomic mass is 9.88. The van der Waals surface area contributed by atoms with Gasteiger partial charge in [0, 0.05) is 88.3 Å². The first-order valence-electron chi connectivity index (χ1n) is 29.3. The maximum Gasteiger partial charge on any atom is 0.364 e. The number of amides is 6. The number of carbonyl (C=O) groups excluding carboxylic acids is 6. The SMILES string of the molecule is CC(=O)N[C@@H]1[C@@H](O)C[C@](OCCCSCCC(=O)NCCNC(=O)CCSCCCO[C@]2(C(=O)O)C[C@H](O)[C@@H](NC(C)=O)[C@H](C(O)[C@H](O)CNC(=O)c3ccc(-c4ccccc4)cc3)O2)(C(=O)O)O[C@H]1C(O)[C@H](O)CNC(=O)c1ccc(-c2ccccc2)cc1. The van der Waals surface area contributed by atoms with E-state index in [0.29, 0.717) is 23.0 Å². The first-order chi connectivity index (χ1) is 43.0. The van der Waals surface area contributed by atoms with Crippen LogP contribution in [0, 0.1) is 0 Å². The van der Waals surface area contributed by atoms with Crippen LogP contribution in [0.5, 0.6) is 0 Å². The molecular formula is C62H80N6O20S2. The topological polar surface area (TPSA) is 408 Å². The van der Waals surface area contributed by atoms with Gasteiger partial charge in [0.15, 0.2) is 0 Å². The molecule has 0 aromatic heterocycles. The number of thioether (sulfide) groups is 2. The van der Waals surface area contributed by atoms with E-state index in [1.807, 2.05) is 60.7 Å². The summed E-state index contributed by atoms with van der Waals surface area (Å²) in [6, 6.07) is 29.6. The second kappa shape index (κ2) is 35.5. The van der Waals surface area contributed by atoms with Gasteiger partial charge in [0.05, 0.1) is 49.7 Å². The van der Waals surface area contributed by atoms with Gasteiger partial charge in [-0.15, -0.1) is 0 Å². The van der Waals surface area contributed by atoms with E-state index < -0.39 is 134 Å². The molecule has 4 aromatic rings. The molecule has 6 rings (SSSR count). The molecule has 2 fully saturated rings. The Bertz CT molecular complexity index is 2800. The summed E-state index contributed by atoms with van der Waals surface area (Å²) in [5.41, 5.74) is 4.16. The first kappa shape index (κ1) is 72.0. The predicted octanol–water partition coefficient (Wildman–Crippen LogP) is 0.787. The molecule has 0 radical (unpaired) electrons. The molecule has 26 nitrogen and oxygen atoms in total. The molecule has 2 saturated heterocycles. The molecule has 14 N–H and O–H groups in total. The minimum Gasteiger partial charge on any atom is -0.477 e. The van der Waals surface area contributed by atoms with Crippen LogP contribution >= 0.6 is 23.5 Å². The van der Waals surface area contributed by atoms with Gasteiger partial charge < -0.3 is 91.7 Å². The zero-order valence-corrected chi connectivity index (χ0v) is 51.4. The highest BCUT2D eigenvalue weighted by Gasteiger charge is 2.57. The van der Waals surface area contributed by atoms with Gasteiger partial charge in [0.2, 0.25) is 23.6 Å². The van der Waals surface area contributed by atoms with Gasteiger partial charge >= 0.3 is 11.9 Å². The van der Waals surface area contributed by atoms with Gasteiger partial charge in [-0.3, -0.25) is 28.8 Å². The number of ether oxygens (including phenoxy) is 4. The standard InChI is InChI=1S/C62H80N6O20S2/c1-37(69)67-51-45(71)33-61(59(81)82,87-55(51)53(77)47(73)35-65-57(79)43-19-15-41(16-20-43)39-11-5-3-6-12-39)85-27-9-29-89-31-23-49(75)63-25-26-64-50(76)24-32-90-30-10-28-86-62(60(83)84)34-46(72)52(68-38(2)70)56(88-62)54(78)48(74)36-66-58(80)44-21-17-42(18-22-44)40-13-7-4-8-14-40/h3-8,11-22,45-48,51-56,71-74,77-78H,9-10,23-36H2,1-2H3,(H,63,75)(H,64,76)(H,65,79)(H,66,80)(H,67,69)(H,68,70)(H,81,82)(H,83,84)/t45-,46-,47+,48+,51+,52+,53?,54?,55+,56+,61+,62+/m0/s1. The number of aliphatic hydroxyl groups excluding tert-OH is 6. The van der Waals surface area contributed by atoms with Gasteiger partial charge in [-0.1, -0.05) is 84.9 Å². The fourth-order valence-electron chi connectivity index (χ4n) is 9.98. The van der Waals surface area contributed by atoms with E-state index in [9.17, 15) is 79.2 Å². The van der Waals surface area contributed by atoms with Crippen molar-refractivity contribution >= 4 is 70.9 Å². The monoisotopic (exact) mass is 1290 g/mol. The van der Waals surface area contributed by atoms with Crippen molar-refractivity contribution in [3.8, 4) is 22.3 Å². The van der Waals surface area contributed by atoms with Crippen molar-refractivity contribution in [1.29, 1.82) is 0 Å². The summed E-state index contributed by atoms with van der Waals surface area (Å²) in [4.78, 5) is 101. The zero-order chi connectivity index (χ0) is 65.4.